The van der Waals surface area contributed by atoms with Crippen LogP contribution in [0.5, 0.6) is 0 Å². The monoisotopic (exact) mass is 335 g/mol. The van der Waals surface area contributed by atoms with E-state index in [-0.39, 0.29) is 18.0 Å². The summed E-state index contributed by atoms with van der Waals surface area (Å²) in [4.78, 5) is 25.9. The van der Waals surface area contributed by atoms with Crippen molar-refractivity contribution in [3.8, 4) is 0 Å². The lowest BCUT2D eigenvalue weighted by Crippen LogP contribution is -2.49. The molecule has 1 aliphatic carbocycles. The average Bonchev–Trinajstić information content (AvgIpc) is 3.39. The number of amides is 3. The predicted molar refractivity (Wildman–Crippen MR) is 89.1 cm³/mol. The molecule has 1 saturated carbocycles. The fourth-order valence-electron chi connectivity index (χ4n) is 2.89. The highest BCUT2D eigenvalue weighted by molar-refractivity contribution is 6.31. The number of urea groups is 1. The van der Waals surface area contributed by atoms with Crippen LogP contribution in [-0.2, 0) is 11.3 Å². The summed E-state index contributed by atoms with van der Waals surface area (Å²) in [5.41, 5.74) is 0.897. The molecule has 0 bridgehead atoms. The molecule has 2 aliphatic rings. The maximum absolute atomic E-state index is 12.0. The Kier molecular flexibility index (Phi) is 5.06. The van der Waals surface area contributed by atoms with Gasteiger partial charge in [-0.3, -0.25) is 4.79 Å². The Bertz CT molecular complexity index is 581. The minimum Gasteiger partial charge on any atom is -0.342 e. The van der Waals surface area contributed by atoms with Gasteiger partial charge in [0.1, 0.15) is 0 Å². The molecule has 1 aromatic rings. The van der Waals surface area contributed by atoms with Crippen molar-refractivity contribution in [2.75, 3.05) is 13.1 Å². The van der Waals surface area contributed by atoms with Crippen LogP contribution >= 0.6 is 11.6 Å². The maximum Gasteiger partial charge on any atom is 0.315 e. The number of nitrogens with zero attached hydrogens (tertiary/aromatic N) is 1. The van der Waals surface area contributed by atoms with Gasteiger partial charge < -0.3 is 15.5 Å². The first-order valence-electron chi connectivity index (χ1n) is 8.20. The third-order valence-corrected chi connectivity index (χ3v) is 4.83. The zero-order chi connectivity index (χ0) is 16.2. The quantitative estimate of drug-likeness (QED) is 0.888. The molecule has 1 aliphatic heterocycles. The zero-order valence-electron chi connectivity index (χ0n) is 13.1. The van der Waals surface area contributed by atoms with Crippen molar-refractivity contribution in [3.05, 3.63) is 34.9 Å². The number of benzene rings is 1. The Morgan fingerprint density at radius 1 is 1.13 bits per heavy atom. The summed E-state index contributed by atoms with van der Waals surface area (Å²) in [7, 11) is 0. The summed E-state index contributed by atoms with van der Waals surface area (Å²) in [5.74, 6) is 0.574. The third kappa shape index (κ3) is 4.38. The summed E-state index contributed by atoms with van der Waals surface area (Å²) in [6.07, 6.45) is 3.72. The molecule has 1 saturated heterocycles. The van der Waals surface area contributed by atoms with Crippen molar-refractivity contribution < 1.29 is 9.59 Å². The number of hydrogen-bond donors (Lipinski definition) is 2. The smallest absolute Gasteiger partial charge is 0.315 e. The minimum absolute atomic E-state index is 0.129. The molecule has 5 nitrogen and oxygen atoms in total. The molecule has 2 fully saturated rings. The van der Waals surface area contributed by atoms with Gasteiger partial charge in [-0.05, 0) is 37.3 Å². The Balaban J connectivity index is 1.39. The van der Waals surface area contributed by atoms with E-state index < -0.39 is 0 Å². The van der Waals surface area contributed by atoms with Crippen LogP contribution in [0.3, 0.4) is 0 Å². The molecule has 0 aromatic heterocycles. The molecule has 0 unspecified atom stereocenters. The molecular formula is C17H22ClN3O2. The van der Waals surface area contributed by atoms with E-state index in [4.69, 9.17) is 11.6 Å². The van der Waals surface area contributed by atoms with Gasteiger partial charge in [-0.15, -0.1) is 0 Å². The van der Waals surface area contributed by atoms with E-state index in [2.05, 4.69) is 10.6 Å². The van der Waals surface area contributed by atoms with Crippen LogP contribution in [0.4, 0.5) is 4.79 Å². The molecule has 1 aromatic carbocycles. The van der Waals surface area contributed by atoms with E-state index >= 15 is 0 Å². The Labute approximate surface area is 141 Å². The first kappa shape index (κ1) is 16.1. The van der Waals surface area contributed by atoms with Crippen molar-refractivity contribution in [2.24, 2.45) is 5.92 Å². The molecule has 23 heavy (non-hydrogen) atoms. The van der Waals surface area contributed by atoms with E-state index in [1.165, 1.54) is 0 Å². The topological polar surface area (TPSA) is 61.4 Å². The van der Waals surface area contributed by atoms with Crippen LogP contribution in [0.15, 0.2) is 24.3 Å². The second-order valence-corrected chi connectivity index (χ2v) is 6.70. The molecule has 0 radical (unpaired) electrons. The highest BCUT2D eigenvalue weighted by atomic mass is 35.5. The minimum atomic E-state index is -0.183. The van der Waals surface area contributed by atoms with Crippen LogP contribution in [0.25, 0.3) is 0 Å². The molecule has 0 atom stereocenters. The Hall–Kier alpha value is -1.75. The van der Waals surface area contributed by atoms with Gasteiger partial charge in [0.25, 0.3) is 0 Å². The van der Waals surface area contributed by atoms with Crippen molar-refractivity contribution in [2.45, 2.75) is 38.3 Å². The lowest BCUT2D eigenvalue weighted by Gasteiger charge is -2.32. The summed E-state index contributed by atoms with van der Waals surface area (Å²) < 4.78 is 0. The number of piperidine rings is 1. The third-order valence-electron chi connectivity index (χ3n) is 4.47. The number of halogens is 1. The van der Waals surface area contributed by atoms with E-state index in [1.807, 2.05) is 29.2 Å². The van der Waals surface area contributed by atoms with Gasteiger partial charge >= 0.3 is 6.03 Å². The predicted octanol–water partition coefficient (Wildman–Crippen LogP) is 2.54. The van der Waals surface area contributed by atoms with Gasteiger partial charge in [-0.2, -0.15) is 0 Å². The van der Waals surface area contributed by atoms with Crippen molar-refractivity contribution >= 4 is 23.5 Å². The van der Waals surface area contributed by atoms with Crippen molar-refractivity contribution in [1.82, 2.24) is 15.5 Å². The zero-order valence-corrected chi connectivity index (χ0v) is 13.8. The van der Waals surface area contributed by atoms with Crippen molar-refractivity contribution in [1.29, 1.82) is 0 Å². The Morgan fingerprint density at radius 3 is 2.48 bits per heavy atom. The highest BCUT2D eigenvalue weighted by Gasteiger charge is 2.35. The fraction of sp³-hybridized carbons (Fsp3) is 0.529. The molecule has 124 valence electrons. The first-order chi connectivity index (χ1) is 11.1. The van der Waals surface area contributed by atoms with E-state index in [0.717, 1.165) is 44.3 Å². The summed E-state index contributed by atoms with van der Waals surface area (Å²) in [6.45, 7) is 1.89. The van der Waals surface area contributed by atoms with Crippen LogP contribution in [0, 0.1) is 5.92 Å². The lowest BCUT2D eigenvalue weighted by atomic mass is 10.0. The maximum atomic E-state index is 12.0. The van der Waals surface area contributed by atoms with Crippen LogP contribution in [-0.4, -0.2) is 36.0 Å². The number of likely N-dealkylation sites (tertiary alicyclic amines) is 1. The summed E-state index contributed by atoms with van der Waals surface area (Å²) >= 11 is 6.07. The van der Waals surface area contributed by atoms with Gasteiger partial charge in [0.05, 0.1) is 0 Å². The molecular weight excluding hydrogens is 314 g/mol. The van der Waals surface area contributed by atoms with Gasteiger partial charge in [0, 0.05) is 36.6 Å². The van der Waals surface area contributed by atoms with Gasteiger partial charge in [-0.25, -0.2) is 4.79 Å². The first-order valence-corrected chi connectivity index (χ1v) is 8.58. The van der Waals surface area contributed by atoms with E-state index in [1.54, 1.807) is 0 Å². The van der Waals surface area contributed by atoms with Gasteiger partial charge in [0.2, 0.25) is 5.91 Å². The normalized spacial score (nSPS) is 18.6. The second-order valence-electron chi connectivity index (χ2n) is 6.29. The summed E-state index contributed by atoms with van der Waals surface area (Å²) in [5, 5.41) is 6.47. The number of carbonyl (C=O) groups excluding carboxylic acids is 2. The molecule has 3 rings (SSSR count). The molecule has 0 spiro atoms. The molecule has 2 N–H and O–H groups in total. The summed E-state index contributed by atoms with van der Waals surface area (Å²) in [6, 6.07) is 7.41. The fourth-order valence-corrected chi connectivity index (χ4v) is 3.09. The van der Waals surface area contributed by atoms with Gasteiger partial charge in [0.15, 0.2) is 0 Å². The van der Waals surface area contributed by atoms with E-state index in [0.29, 0.717) is 17.5 Å². The Morgan fingerprint density at radius 2 is 1.83 bits per heavy atom. The lowest BCUT2D eigenvalue weighted by molar-refractivity contribution is -0.133. The highest BCUT2D eigenvalue weighted by Crippen LogP contribution is 2.31. The largest absolute Gasteiger partial charge is 0.342 e. The second kappa shape index (κ2) is 7.21. The number of rotatable bonds is 4. The molecule has 3 amide bonds. The van der Waals surface area contributed by atoms with Crippen LogP contribution in [0.2, 0.25) is 5.02 Å². The number of carbonyl (C=O) groups is 2. The number of nitrogens with one attached hydrogen (secondary N) is 2. The molecule has 1 heterocycles. The average molecular weight is 336 g/mol. The standard InChI is InChI=1S/C17H22ClN3O2/c18-15-4-2-1-3-13(15)11-19-17(23)20-14-7-9-21(10-8-14)16(22)12-5-6-12/h1-4,12,14H,5-11H2,(H2,19,20,23). The number of hydrogen-bond acceptors (Lipinski definition) is 2. The SMILES string of the molecule is O=C(NCc1ccccc1Cl)NC1CCN(C(=O)C2CC2)CC1. The van der Waals surface area contributed by atoms with Crippen LogP contribution in [0.1, 0.15) is 31.2 Å². The molecule has 6 heteroatoms. The van der Waals surface area contributed by atoms with Crippen LogP contribution < -0.4 is 10.6 Å². The van der Waals surface area contributed by atoms with Gasteiger partial charge in [-0.1, -0.05) is 29.8 Å². The van der Waals surface area contributed by atoms with Crippen molar-refractivity contribution in [3.63, 3.8) is 0 Å². The van der Waals surface area contributed by atoms with E-state index in [9.17, 15) is 9.59 Å².